The molecule has 3 N–H and O–H groups in total. The van der Waals surface area contributed by atoms with Crippen LogP contribution in [0, 0.1) is 13.8 Å². The van der Waals surface area contributed by atoms with Gasteiger partial charge in [0, 0.05) is 21.4 Å². The highest BCUT2D eigenvalue weighted by Gasteiger charge is 2.06. The van der Waals surface area contributed by atoms with Gasteiger partial charge in [-0.2, -0.15) is 0 Å². The predicted octanol–water partition coefficient (Wildman–Crippen LogP) is 4.44. The number of halogens is 1. The number of benzene rings is 2. The van der Waals surface area contributed by atoms with E-state index in [2.05, 4.69) is 34.2 Å². The number of nitrogens with one attached hydrogen (secondary N) is 1. The molecule has 0 radical (unpaired) electrons. The van der Waals surface area contributed by atoms with Gasteiger partial charge in [0.15, 0.2) is 0 Å². The van der Waals surface area contributed by atoms with Gasteiger partial charge in [0.05, 0.1) is 0 Å². The Balaban J connectivity index is 2.37. The number of hydrogen-bond acceptors (Lipinski definition) is 2. The second-order valence-corrected chi connectivity index (χ2v) is 5.80. The van der Waals surface area contributed by atoms with Gasteiger partial charge in [-0.15, -0.1) is 0 Å². The van der Waals surface area contributed by atoms with E-state index < -0.39 is 0 Å². The van der Waals surface area contributed by atoms with Crippen LogP contribution >= 0.6 is 28.1 Å². The number of thiocarbonyl (C=S) groups is 1. The van der Waals surface area contributed by atoms with Crippen LogP contribution in [0.5, 0.6) is 0 Å². The van der Waals surface area contributed by atoms with Crippen molar-refractivity contribution >= 4 is 44.5 Å². The molecule has 0 spiro atoms. The zero-order valence-corrected chi connectivity index (χ0v) is 13.2. The molecule has 0 atom stereocenters. The van der Waals surface area contributed by atoms with E-state index in [0.29, 0.717) is 4.99 Å². The fraction of sp³-hybridized carbons (Fsp3) is 0.133. The summed E-state index contributed by atoms with van der Waals surface area (Å²) in [6.07, 6.45) is 0. The van der Waals surface area contributed by atoms with Crippen molar-refractivity contribution in [2.75, 3.05) is 5.32 Å². The molecule has 2 rings (SSSR count). The van der Waals surface area contributed by atoms with Crippen LogP contribution < -0.4 is 11.1 Å². The molecule has 0 aliphatic heterocycles. The van der Waals surface area contributed by atoms with Gasteiger partial charge >= 0.3 is 0 Å². The highest BCUT2D eigenvalue weighted by Crippen LogP contribution is 2.25. The monoisotopic (exact) mass is 334 g/mol. The fourth-order valence-corrected chi connectivity index (χ4v) is 2.26. The van der Waals surface area contributed by atoms with E-state index in [0.717, 1.165) is 27.0 Å². The summed E-state index contributed by atoms with van der Waals surface area (Å²) in [7, 11) is 0. The Morgan fingerprint density at radius 3 is 2.53 bits per heavy atom. The van der Waals surface area contributed by atoms with E-state index in [1.165, 1.54) is 5.56 Å². The number of aryl methyl sites for hydroxylation is 2. The van der Waals surface area contributed by atoms with E-state index in [9.17, 15) is 0 Å². The predicted molar refractivity (Wildman–Crippen MR) is 89.2 cm³/mol. The molecule has 2 nitrogen and oxygen atoms in total. The highest BCUT2D eigenvalue weighted by molar-refractivity contribution is 9.10. The van der Waals surface area contributed by atoms with Crippen LogP contribution in [0.15, 0.2) is 40.9 Å². The highest BCUT2D eigenvalue weighted by atomic mass is 79.9. The average molecular weight is 335 g/mol. The van der Waals surface area contributed by atoms with Crippen molar-refractivity contribution in [2.24, 2.45) is 5.73 Å². The van der Waals surface area contributed by atoms with Crippen LogP contribution in [0.2, 0.25) is 0 Å². The summed E-state index contributed by atoms with van der Waals surface area (Å²) < 4.78 is 1.09. The average Bonchev–Trinajstić information content (AvgIpc) is 2.36. The summed E-state index contributed by atoms with van der Waals surface area (Å²) in [5, 5.41) is 3.36. The van der Waals surface area contributed by atoms with Crippen molar-refractivity contribution in [3.05, 3.63) is 57.6 Å². The quantitative estimate of drug-likeness (QED) is 0.814. The van der Waals surface area contributed by atoms with Crippen molar-refractivity contribution in [2.45, 2.75) is 13.8 Å². The molecule has 0 aliphatic carbocycles. The first kappa shape index (κ1) is 14.0. The van der Waals surface area contributed by atoms with Gasteiger partial charge < -0.3 is 11.1 Å². The summed E-state index contributed by atoms with van der Waals surface area (Å²) in [6, 6.07) is 12.1. The van der Waals surface area contributed by atoms with E-state index >= 15 is 0 Å². The van der Waals surface area contributed by atoms with Crippen molar-refractivity contribution in [3.63, 3.8) is 0 Å². The Morgan fingerprint density at radius 1 is 1.16 bits per heavy atom. The molecule has 19 heavy (non-hydrogen) atoms. The van der Waals surface area contributed by atoms with Gasteiger partial charge in [-0.25, -0.2) is 0 Å². The van der Waals surface area contributed by atoms with Crippen LogP contribution in [-0.4, -0.2) is 4.99 Å². The first-order valence-electron chi connectivity index (χ1n) is 5.91. The molecule has 0 saturated carbocycles. The number of nitrogens with two attached hydrogens (primary N) is 1. The maximum absolute atomic E-state index is 5.78. The lowest BCUT2D eigenvalue weighted by atomic mass is 10.1. The van der Waals surface area contributed by atoms with E-state index in [4.69, 9.17) is 18.0 Å². The molecule has 98 valence electrons. The molecule has 0 aromatic heterocycles. The van der Waals surface area contributed by atoms with Gasteiger partial charge in [-0.05, 0) is 49.7 Å². The Hall–Kier alpha value is -1.39. The Labute approximate surface area is 127 Å². The van der Waals surface area contributed by atoms with Crippen molar-refractivity contribution < 1.29 is 0 Å². The van der Waals surface area contributed by atoms with Crippen molar-refractivity contribution in [1.82, 2.24) is 0 Å². The van der Waals surface area contributed by atoms with Gasteiger partial charge in [-0.1, -0.05) is 39.8 Å². The third kappa shape index (κ3) is 3.33. The zero-order valence-electron chi connectivity index (χ0n) is 10.8. The molecular weight excluding hydrogens is 320 g/mol. The maximum atomic E-state index is 5.78. The Morgan fingerprint density at radius 2 is 1.89 bits per heavy atom. The summed E-state index contributed by atoms with van der Waals surface area (Å²) in [6.45, 7) is 4.08. The second-order valence-electron chi connectivity index (χ2n) is 4.50. The lowest BCUT2D eigenvalue weighted by Gasteiger charge is -2.13. The van der Waals surface area contributed by atoms with Gasteiger partial charge in [0.2, 0.25) is 0 Å². The Kier molecular flexibility index (Phi) is 4.22. The number of anilines is 2. The standard InChI is InChI=1S/C15H15BrN2S/c1-9-3-6-14(12(7-9)15(17)19)18-11-4-5-13(16)10(2)8-11/h3-8,18H,1-2H3,(H2,17,19). The van der Waals surface area contributed by atoms with Gasteiger partial charge in [0.25, 0.3) is 0 Å². The van der Waals surface area contributed by atoms with Crippen molar-refractivity contribution in [3.8, 4) is 0 Å². The smallest absolute Gasteiger partial charge is 0.106 e. The van der Waals surface area contributed by atoms with Crippen LogP contribution in [0.3, 0.4) is 0 Å². The van der Waals surface area contributed by atoms with E-state index in [1.807, 2.05) is 37.3 Å². The minimum atomic E-state index is 0.403. The largest absolute Gasteiger partial charge is 0.389 e. The molecule has 2 aromatic carbocycles. The topological polar surface area (TPSA) is 38.0 Å². The summed E-state index contributed by atoms with van der Waals surface area (Å²) in [5.74, 6) is 0. The lowest BCUT2D eigenvalue weighted by Crippen LogP contribution is -2.12. The molecule has 0 amide bonds. The third-order valence-corrected chi connectivity index (χ3v) is 3.99. The molecule has 0 unspecified atom stereocenters. The number of hydrogen-bond donors (Lipinski definition) is 2. The molecule has 0 heterocycles. The summed E-state index contributed by atoms with van der Waals surface area (Å²) >= 11 is 8.60. The zero-order chi connectivity index (χ0) is 14.0. The minimum Gasteiger partial charge on any atom is -0.389 e. The lowest BCUT2D eigenvalue weighted by molar-refractivity contribution is 1.40. The molecule has 0 aliphatic rings. The number of rotatable bonds is 3. The first-order valence-corrected chi connectivity index (χ1v) is 7.11. The molecule has 2 aromatic rings. The van der Waals surface area contributed by atoms with Crippen LogP contribution in [-0.2, 0) is 0 Å². The molecule has 0 saturated heterocycles. The maximum Gasteiger partial charge on any atom is 0.106 e. The second kappa shape index (κ2) is 5.72. The van der Waals surface area contributed by atoms with Crippen LogP contribution in [0.1, 0.15) is 16.7 Å². The van der Waals surface area contributed by atoms with E-state index in [1.54, 1.807) is 0 Å². The minimum absolute atomic E-state index is 0.403. The molecule has 4 heteroatoms. The third-order valence-electron chi connectivity index (χ3n) is 2.88. The van der Waals surface area contributed by atoms with Crippen LogP contribution in [0.4, 0.5) is 11.4 Å². The summed E-state index contributed by atoms with van der Waals surface area (Å²) in [5.41, 5.74) is 10.9. The van der Waals surface area contributed by atoms with Crippen LogP contribution in [0.25, 0.3) is 0 Å². The summed E-state index contributed by atoms with van der Waals surface area (Å²) in [4.78, 5) is 0.403. The molecular formula is C15H15BrN2S. The van der Waals surface area contributed by atoms with Crippen molar-refractivity contribution in [1.29, 1.82) is 0 Å². The molecule has 0 fully saturated rings. The normalized spacial score (nSPS) is 10.3. The van der Waals surface area contributed by atoms with E-state index in [-0.39, 0.29) is 0 Å². The van der Waals surface area contributed by atoms with Gasteiger partial charge in [-0.3, -0.25) is 0 Å². The fourth-order valence-electron chi connectivity index (χ4n) is 1.85. The Bertz CT molecular complexity index is 638. The SMILES string of the molecule is Cc1ccc(Nc2ccc(Br)c(C)c2)c(C(N)=S)c1. The molecule has 0 bridgehead atoms. The first-order chi connectivity index (χ1) is 8.97. The van der Waals surface area contributed by atoms with Gasteiger partial charge in [0.1, 0.15) is 4.99 Å².